The van der Waals surface area contributed by atoms with Gasteiger partial charge in [-0.25, -0.2) is 0 Å². The van der Waals surface area contributed by atoms with Gasteiger partial charge in [0.1, 0.15) is 0 Å². The summed E-state index contributed by atoms with van der Waals surface area (Å²) in [5, 5.41) is 10.3. The molecule has 0 amide bonds. The predicted octanol–water partition coefficient (Wildman–Crippen LogP) is 3.42. The van der Waals surface area contributed by atoms with Crippen LogP contribution in [0.25, 0.3) is 0 Å². The van der Waals surface area contributed by atoms with Crippen molar-refractivity contribution in [1.29, 1.82) is 0 Å². The summed E-state index contributed by atoms with van der Waals surface area (Å²) in [6.07, 6.45) is 3.58. The molecule has 0 unspecified atom stereocenters. The summed E-state index contributed by atoms with van der Waals surface area (Å²) in [5.41, 5.74) is 0.389. The lowest BCUT2D eigenvalue weighted by Gasteiger charge is -2.26. The first-order valence-corrected chi connectivity index (χ1v) is 6.25. The average molecular weight is 210 g/mol. The Morgan fingerprint density at radius 2 is 1.93 bits per heavy atom. The fourth-order valence-corrected chi connectivity index (χ4v) is 2.03. The molecule has 0 spiro atoms. The molecular formula is C12H18OS. The predicted molar refractivity (Wildman–Crippen MR) is 62.7 cm³/mol. The van der Waals surface area contributed by atoms with Crippen molar-refractivity contribution in [3.8, 4) is 0 Å². The normalized spacial score (nSPS) is 11.7. The quantitative estimate of drug-likeness (QED) is 0.768. The Balaban J connectivity index is 3.04. The Morgan fingerprint density at radius 1 is 1.29 bits per heavy atom. The van der Waals surface area contributed by atoms with Crippen LogP contribution in [0.15, 0.2) is 29.2 Å². The number of rotatable bonds is 4. The summed E-state index contributed by atoms with van der Waals surface area (Å²) < 4.78 is 0. The molecule has 0 aliphatic carbocycles. The first kappa shape index (κ1) is 11.6. The van der Waals surface area contributed by atoms with Crippen LogP contribution in [0.4, 0.5) is 0 Å². The molecule has 0 radical (unpaired) electrons. The Hall–Kier alpha value is -0.470. The van der Waals surface area contributed by atoms with Gasteiger partial charge in [0.2, 0.25) is 0 Å². The summed E-state index contributed by atoms with van der Waals surface area (Å²) in [6.45, 7) is 4.05. The summed E-state index contributed by atoms with van der Waals surface area (Å²) >= 11 is 1.71. The maximum absolute atomic E-state index is 10.3. The summed E-state index contributed by atoms with van der Waals surface area (Å²) in [5.74, 6) is 0. The summed E-state index contributed by atoms with van der Waals surface area (Å²) in [4.78, 5) is 1.21. The van der Waals surface area contributed by atoms with E-state index in [1.165, 1.54) is 4.90 Å². The highest BCUT2D eigenvalue weighted by Gasteiger charge is 2.24. The molecule has 0 fully saturated rings. The van der Waals surface area contributed by atoms with Gasteiger partial charge in [0.15, 0.2) is 0 Å². The highest BCUT2D eigenvalue weighted by atomic mass is 32.2. The number of aliphatic hydroxyl groups is 1. The largest absolute Gasteiger partial charge is 0.385 e. The van der Waals surface area contributed by atoms with Gasteiger partial charge in [-0.15, -0.1) is 11.8 Å². The van der Waals surface area contributed by atoms with Crippen LogP contribution in [0.2, 0.25) is 0 Å². The SMILES string of the molecule is CCC(O)(CC)c1cccc(SC)c1. The number of benzene rings is 1. The van der Waals surface area contributed by atoms with Gasteiger partial charge in [-0.1, -0.05) is 26.0 Å². The zero-order valence-electron chi connectivity index (χ0n) is 9.08. The molecule has 0 heterocycles. The third-order valence-electron chi connectivity index (χ3n) is 2.78. The Morgan fingerprint density at radius 3 is 2.43 bits per heavy atom. The van der Waals surface area contributed by atoms with Gasteiger partial charge < -0.3 is 5.11 Å². The van der Waals surface area contributed by atoms with E-state index in [0.717, 1.165) is 18.4 Å². The summed E-state index contributed by atoms with van der Waals surface area (Å²) in [6, 6.07) is 8.17. The highest BCUT2D eigenvalue weighted by Crippen LogP contribution is 2.30. The lowest BCUT2D eigenvalue weighted by Crippen LogP contribution is -2.23. The highest BCUT2D eigenvalue weighted by molar-refractivity contribution is 7.98. The zero-order chi connectivity index (χ0) is 10.6. The monoisotopic (exact) mass is 210 g/mol. The van der Waals surface area contributed by atoms with Gasteiger partial charge in [0, 0.05) is 4.90 Å². The molecule has 0 bridgehead atoms. The summed E-state index contributed by atoms with van der Waals surface area (Å²) in [7, 11) is 0. The molecule has 1 N–H and O–H groups in total. The van der Waals surface area contributed by atoms with Gasteiger partial charge in [-0.2, -0.15) is 0 Å². The molecule has 1 aromatic carbocycles. The second-order valence-electron chi connectivity index (χ2n) is 3.47. The minimum atomic E-state index is -0.647. The minimum Gasteiger partial charge on any atom is -0.385 e. The standard InChI is InChI=1S/C12H18OS/c1-4-12(13,5-2)10-7-6-8-11(9-10)14-3/h6-9,13H,4-5H2,1-3H3. The van der Waals surface area contributed by atoms with Gasteiger partial charge in [0.05, 0.1) is 5.60 Å². The third-order valence-corrected chi connectivity index (χ3v) is 3.50. The van der Waals surface area contributed by atoms with E-state index in [4.69, 9.17) is 0 Å². The molecule has 2 heteroatoms. The molecule has 1 rings (SSSR count). The van der Waals surface area contributed by atoms with E-state index in [9.17, 15) is 5.11 Å². The van der Waals surface area contributed by atoms with Crippen molar-refractivity contribution >= 4 is 11.8 Å². The van der Waals surface area contributed by atoms with E-state index >= 15 is 0 Å². The van der Waals surface area contributed by atoms with Crippen LogP contribution in [0.1, 0.15) is 32.3 Å². The van der Waals surface area contributed by atoms with Crippen molar-refractivity contribution in [3.05, 3.63) is 29.8 Å². The van der Waals surface area contributed by atoms with E-state index in [0.29, 0.717) is 0 Å². The van der Waals surface area contributed by atoms with Crippen molar-refractivity contribution in [3.63, 3.8) is 0 Å². The van der Waals surface area contributed by atoms with Crippen molar-refractivity contribution < 1.29 is 5.11 Å². The van der Waals surface area contributed by atoms with E-state index in [1.54, 1.807) is 11.8 Å². The lowest BCUT2D eigenvalue weighted by atomic mass is 9.89. The molecule has 0 saturated heterocycles. The Bertz CT molecular complexity index is 292. The Kier molecular flexibility index (Phi) is 4.02. The smallest absolute Gasteiger partial charge is 0.0891 e. The first-order valence-electron chi connectivity index (χ1n) is 5.03. The van der Waals surface area contributed by atoms with Crippen LogP contribution in [-0.2, 0) is 5.60 Å². The third kappa shape index (κ3) is 2.31. The molecule has 14 heavy (non-hydrogen) atoms. The lowest BCUT2D eigenvalue weighted by molar-refractivity contribution is 0.0282. The van der Waals surface area contributed by atoms with E-state index in [2.05, 4.69) is 18.4 Å². The fraction of sp³-hybridized carbons (Fsp3) is 0.500. The molecule has 1 nitrogen and oxygen atoms in total. The van der Waals surface area contributed by atoms with Crippen LogP contribution in [-0.4, -0.2) is 11.4 Å². The molecule has 0 aromatic heterocycles. The van der Waals surface area contributed by atoms with Crippen LogP contribution in [0.3, 0.4) is 0 Å². The molecule has 1 aromatic rings. The van der Waals surface area contributed by atoms with Crippen LogP contribution in [0.5, 0.6) is 0 Å². The number of thioether (sulfide) groups is 1. The zero-order valence-corrected chi connectivity index (χ0v) is 9.90. The van der Waals surface area contributed by atoms with E-state index in [-0.39, 0.29) is 0 Å². The van der Waals surface area contributed by atoms with E-state index in [1.807, 2.05) is 26.0 Å². The van der Waals surface area contributed by atoms with Crippen LogP contribution in [0, 0.1) is 0 Å². The molecule has 0 atom stereocenters. The average Bonchev–Trinajstić information content (AvgIpc) is 2.28. The second kappa shape index (κ2) is 4.85. The number of hydrogen-bond donors (Lipinski definition) is 1. The first-order chi connectivity index (χ1) is 6.66. The van der Waals surface area contributed by atoms with Crippen molar-refractivity contribution in [2.45, 2.75) is 37.2 Å². The minimum absolute atomic E-state index is 0.647. The van der Waals surface area contributed by atoms with Crippen LogP contribution < -0.4 is 0 Å². The van der Waals surface area contributed by atoms with Crippen molar-refractivity contribution in [1.82, 2.24) is 0 Å². The molecule has 78 valence electrons. The Labute approximate surface area is 90.5 Å². The molecule has 0 saturated carbocycles. The van der Waals surface area contributed by atoms with Gasteiger partial charge in [0.25, 0.3) is 0 Å². The second-order valence-corrected chi connectivity index (χ2v) is 4.35. The van der Waals surface area contributed by atoms with Crippen LogP contribution >= 0.6 is 11.8 Å². The van der Waals surface area contributed by atoms with Crippen molar-refractivity contribution in [2.75, 3.05) is 6.26 Å². The number of hydrogen-bond acceptors (Lipinski definition) is 2. The maximum atomic E-state index is 10.3. The molecular weight excluding hydrogens is 192 g/mol. The van der Waals surface area contributed by atoms with Gasteiger partial charge in [-0.05, 0) is 36.8 Å². The molecule has 0 aliphatic heterocycles. The van der Waals surface area contributed by atoms with Crippen molar-refractivity contribution in [2.24, 2.45) is 0 Å². The van der Waals surface area contributed by atoms with Gasteiger partial charge in [-0.3, -0.25) is 0 Å². The maximum Gasteiger partial charge on any atom is 0.0891 e. The topological polar surface area (TPSA) is 20.2 Å². The van der Waals surface area contributed by atoms with E-state index < -0.39 is 5.60 Å². The fourth-order valence-electron chi connectivity index (χ4n) is 1.57. The van der Waals surface area contributed by atoms with Gasteiger partial charge >= 0.3 is 0 Å². The molecule has 0 aliphatic rings.